The highest BCUT2D eigenvalue weighted by Crippen LogP contribution is 2.21. The van der Waals surface area contributed by atoms with Gasteiger partial charge in [0.1, 0.15) is 18.2 Å². The van der Waals surface area contributed by atoms with E-state index in [0.29, 0.717) is 23.3 Å². The highest BCUT2D eigenvalue weighted by molar-refractivity contribution is 7.80. The van der Waals surface area contributed by atoms with Gasteiger partial charge in [0.05, 0.1) is 6.54 Å². The van der Waals surface area contributed by atoms with E-state index in [4.69, 9.17) is 28.6 Å². The fourth-order valence-electron chi connectivity index (χ4n) is 1.71. The zero-order chi connectivity index (χ0) is 15.9. The molecule has 116 valence electrons. The molecule has 0 aliphatic rings. The lowest BCUT2D eigenvalue weighted by molar-refractivity contribution is 0.322. The van der Waals surface area contributed by atoms with E-state index in [9.17, 15) is 4.39 Å². The predicted molar refractivity (Wildman–Crippen MR) is 92.3 cm³/mol. The fraction of sp³-hybridized carbons (Fsp3) is 0.188. The predicted octanol–water partition coefficient (Wildman–Crippen LogP) is 4.15. The number of hydrogen-bond acceptors (Lipinski definition) is 2. The number of aryl methyl sites for hydroxylation is 1. The minimum Gasteiger partial charge on any atom is -0.492 e. The fourth-order valence-corrected chi connectivity index (χ4v) is 2.10. The molecule has 6 heteroatoms. The Labute approximate surface area is 139 Å². The number of rotatable bonds is 5. The molecular weight excluding hydrogens is 323 g/mol. The molecule has 0 aliphatic carbocycles. The molecule has 0 saturated heterocycles. The first kappa shape index (κ1) is 16.5. The average molecular weight is 339 g/mol. The van der Waals surface area contributed by atoms with E-state index in [-0.39, 0.29) is 5.82 Å². The summed E-state index contributed by atoms with van der Waals surface area (Å²) in [7, 11) is 0. The van der Waals surface area contributed by atoms with Gasteiger partial charge in [0.2, 0.25) is 0 Å². The smallest absolute Gasteiger partial charge is 0.170 e. The summed E-state index contributed by atoms with van der Waals surface area (Å²) in [5.41, 5.74) is 1.74. The summed E-state index contributed by atoms with van der Waals surface area (Å²) in [5, 5.41) is 7.11. The zero-order valence-electron chi connectivity index (χ0n) is 12.0. The summed E-state index contributed by atoms with van der Waals surface area (Å²) in [6.45, 7) is 2.93. The molecule has 3 nitrogen and oxygen atoms in total. The lowest BCUT2D eigenvalue weighted by atomic mass is 10.2. The van der Waals surface area contributed by atoms with Crippen LogP contribution in [-0.2, 0) is 0 Å². The number of hydrogen-bond donors (Lipinski definition) is 2. The minimum absolute atomic E-state index is 0.283. The molecule has 22 heavy (non-hydrogen) atoms. The van der Waals surface area contributed by atoms with Crippen molar-refractivity contribution >= 4 is 34.6 Å². The quantitative estimate of drug-likeness (QED) is 0.633. The summed E-state index contributed by atoms with van der Waals surface area (Å²) in [6, 6.07) is 11.5. The number of halogens is 2. The molecule has 0 heterocycles. The van der Waals surface area contributed by atoms with Crippen molar-refractivity contribution in [2.45, 2.75) is 6.92 Å². The van der Waals surface area contributed by atoms with Crippen molar-refractivity contribution in [3.63, 3.8) is 0 Å². The molecule has 2 N–H and O–H groups in total. The lowest BCUT2D eigenvalue weighted by Crippen LogP contribution is -2.31. The van der Waals surface area contributed by atoms with Crippen molar-refractivity contribution in [1.29, 1.82) is 0 Å². The largest absolute Gasteiger partial charge is 0.492 e. The van der Waals surface area contributed by atoms with Crippen molar-refractivity contribution in [2.75, 3.05) is 18.5 Å². The normalized spacial score (nSPS) is 10.1. The van der Waals surface area contributed by atoms with Crippen molar-refractivity contribution in [2.24, 2.45) is 0 Å². The number of thiocarbonyl (C=S) groups is 1. The van der Waals surface area contributed by atoms with Gasteiger partial charge in [-0.1, -0.05) is 17.7 Å². The molecule has 0 aliphatic heterocycles. The lowest BCUT2D eigenvalue weighted by Gasteiger charge is -2.11. The molecule has 0 spiro atoms. The van der Waals surface area contributed by atoms with Crippen LogP contribution < -0.4 is 15.4 Å². The Balaban J connectivity index is 1.70. The molecule has 0 bridgehead atoms. The third-order valence-corrected chi connectivity index (χ3v) is 3.56. The number of nitrogens with one attached hydrogen (secondary N) is 2. The first-order valence-corrected chi connectivity index (χ1v) is 7.52. The van der Waals surface area contributed by atoms with E-state index in [1.807, 2.05) is 19.1 Å². The highest BCUT2D eigenvalue weighted by Gasteiger charge is 2.00. The van der Waals surface area contributed by atoms with Gasteiger partial charge in [-0.15, -0.1) is 0 Å². The summed E-state index contributed by atoms with van der Waals surface area (Å²) in [4.78, 5) is 0. The highest BCUT2D eigenvalue weighted by atomic mass is 35.5. The first-order chi connectivity index (χ1) is 10.5. The average Bonchev–Trinajstić information content (AvgIpc) is 2.49. The van der Waals surface area contributed by atoms with Crippen LogP contribution in [0.3, 0.4) is 0 Å². The molecule has 2 aromatic rings. The molecule has 2 rings (SSSR count). The van der Waals surface area contributed by atoms with Gasteiger partial charge in [-0.3, -0.25) is 0 Å². The van der Waals surface area contributed by atoms with E-state index in [1.54, 1.807) is 18.2 Å². The van der Waals surface area contributed by atoms with E-state index in [0.717, 1.165) is 17.0 Å². The van der Waals surface area contributed by atoms with Crippen LogP contribution in [0.1, 0.15) is 5.56 Å². The van der Waals surface area contributed by atoms with Crippen LogP contribution >= 0.6 is 23.8 Å². The Morgan fingerprint density at radius 1 is 1.23 bits per heavy atom. The van der Waals surface area contributed by atoms with Gasteiger partial charge in [0.25, 0.3) is 0 Å². The number of anilines is 1. The molecule has 0 radical (unpaired) electrons. The Bertz CT molecular complexity index is 649. The third-order valence-electron chi connectivity index (χ3n) is 2.90. The molecule has 2 aromatic carbocycles. The van der Waals surface area contributed by atoms with Crippen molar-refractivity contribution in [3.8, 4) is 5.75 Å². The number of benzene rings is 2. The molecule has 0 saturated carbocycles. The molecule has 0 amide bonds. The monoisotopic (exact) mass is 338 g/mol. The third kappa shape index (κ3) is 5.16. The summed E-state index contributed by atoms with van der Waals surface area (Å²) >= 11 is 11.2. The second-order valence-electron chi connectivity index (χ2n) is 4.65. The van der Waals surface area contributed by atoms with Crippen LogP contribution in [0.4, 0.5) is 10.1 Å². The van der Waals surface area contributed by atoms with Crippen LogP contribution in [-0.4, -0.2) is 18.3 Å². The van der Waals surface area contributed by atoms with Gasteiger partial charge in [-0.05, 0) is 61.1 Å². The standard InChI is InChI=1S/C16H16ClFN2OS/c1-11-2-7-14(10-15(11)17)21-9-8-19-16(22)20-13-5-3-12(18)4-6-13/h2-7,10H,8-9H2,1H3,(H2,19,20,22). The van der Waals surface area contributed by atoms with E-state index in [1.165, 1.54) is 12.1 Å². The van der Waals surface area contributed by atoms with Gasteiger partial charge in [-0.2, -0.15) is 0 Å². The maximum Gasteiger partial charge on any atom is 0.170 e. The van der Waals surface area contributed by atoms with E-state index in [2.05, 4.69) is 10.6 Å². The van der Waals surface area contributed by atoms with Gasteiger partial charge in [-0.25, -0.2) is 4.39 Å². The topological polar surface area (TPSA) is 33.3 Å². The number of ether oxygens (including phenoxy) is 1. The molecule has 0 atom stereocenters. The van der Waals surface area contributed by atoms with Crippen molar-refractivity contribution in [1.82, 2.24) is 5.32 Å². The summed E-state index contributed by atoms with van der Waals surface area (Å²) < 4.78 is 18.4. The van der Waals surface area contributed by atoms with Gasteiger partial charge >= 0.3 is 0 Å². The maximum atomic E-state index is 12.8. The second-order valence-corrected chi connectivity index (χ2v) is 5.46. The van der Waals surface area contributed by atoms with Gasteiger partial charge in [0.15, 0.2) is 5.11 Å². The van der Waals surface area contributed by atoms with Gasteiger partial charge < -0.3 is 15.4 Å². The molecule has 0 unspecified atom stereocenters. The van der Waals surface area contributed by atoms with Crippen LogP contribution in [0.25, 0.3) is 0 Å². The van der Waals surface area contributed by atoms with E-state index >= 15 is 0 Å². The zero-order valence-corrected chi connectivity index (χ0v) is 13.6. The van der Waals surface area contributed by atoms with Crippen molar-refractivity contribution in [3.05, 3.63) is 58.9 Å². The van der Waals surface area contributed by atoms with Crippen LogP contribution in [0.2, 0.25) is 5.02 Å². The first-order valence-electron chi connectivity index (χ1n) is 6.74. The SMILES string of the molecule is Cc1ccc(OCCNC(=S)Nc2ccc(F)cc2)cc1Cl. The molecule has 0 fully saturated rings. The summed E-state index contributed by atoms with van der Waals surface area (Å²) in [6.07, 6.45) is 0. The summed E-state index contributed by atoms with van der Waals surface area (Å²) in [5.74, 6) is 0.435. The second kappa shape index (κ2) is 7.96. The Kier molecular flexibility index (Phi) is 5.98. The maximum absolute atomic E-state index is 12.8. The molecular formula is C16H16ClFN2OS. The van der Waals surface area contributed by atoms with E-state index < -0.39 is 0 Å². The van der Waals surface area contributed by atoms with Gasteiger partial charge in [0, 0.05) is 10.7 Å². The van der Waals surface area contributed by atoms with Crippen LogP contribution in [0.5, 0.6) is 5.75 Å². The van der Waals surface area contributed by atoms with Crippen molar-refractivity contribution < 1.29 is 9.13 Å². The Hall–Kier alpha value is -1.85. The molecule has 0 aromatic heterocycles. The Morgan fingerprint density at radius 3 is 2.64 bits per heavy atom. The minimum atomic E-state index is -0.283. The van der Waals surface area contributed by atoms with Crippen LogP contribution in [0.15, 0.2) is 42.5 Å². The van der Waals surface area contributed by atoms with Crippen LogP contribution in [0, 0.1) is 12.7 Å². The Morgan fingerprint density at radius 2 is 1.95 bits per heavy atom.